The highest BCUT2D eigenvalue weighted by atomic mass is 19.1. The molecule has 2 amide bonds. The van der Waals surface area contributed by atoms with Crippen LogP contribution in [-0.4, -0.2) is 35.8 Å². The second-order valence-electron chi connectivity index (χ2n) is 5.91. The number of hydrogen-bond donors (Lipinski definition) is 0. The van der Waals surface area contributed by atoms with Crippen LogP contribution in [0.15, 0.2) is 47.4 Å². The summed E-state index contributed by atoms with van der Waals surface area (Å²) in [6, 6.07) is 4.96. The molecule has 0 aromatic heterocycles. The Balaban J connectivity index is 2.48. The number of halogens is 1. The summed E-state index contributed by atoms with van der Waals surface area (Å²) in [7, 11) is 0. The van der Waals surface area contributed by atoms with Crippen LogP contribution in [0, 0.1) is 5.82 Å². The van der Waals surface area contributed by atoms with Gasteiger partial charge in [-0.15, -0.1) is 0 Å². The first-order valence-corrected chi connectivity index (χ1v) is 8.30. The van der Waals surface area contributed by atoms with Gasteiger partial charge in [0.15, 0.2) is 5.70 Å². The monoisotopic (exact) mass is 360 g/mol. The number of imide groups is 1. The van der Waals surface area contributed by atoms with Crippen molar-refractivity contribution >= 4 is 23.5 Å². The van der Waals surface area contributed by atoms with E-state index in [0.717, 1.165) is 17.0 Å². The lowest BCUT2D eigenvalue weighted by atomic mass is 10.3. The molecule has 6 nitrogen and oxygen atoms in total. The number of esters is 1. The second kappa shape index (κ2) is 7.95. The predicted octanol–water partition coefficient (Wildman–Crippen LogP) is 2.76. The number of amides is 2. The van der Waals surface area contributed by atoms with Gasteiger partial charge >= 0.3 is 11.9 Å². The maximum atomic E-state index is 13.2. The number of anilines is 1. The molecule has 138 valence electrons. The number of carbonyl (C=O) groups excluding carboxylic acids is 3. The fraction of sp³-hybridized carbons (Fsp3) is 0.316. The van der Waals surface area contributed by atoms with Crippen molar-refractivity contribution in [3.05, 3.63) is 53.2 Å². The molecule has 0 radical (unpaired) electrons. The van der Waals surface area contributed by atoms with E-state index in [2.05, 4.69) is 0 Å². The van der Waals surface area contributed by atoms with Gasteiger partial charge in [0.25, 0.3) is 5.91 Å². The topological polar surface area (TPSA) is 66.9 Å². The number of ether oxygens (including phenoxy) is 1. The van der Waals surface area contributed by atoms with Gasteiger partial charge in [-0.2, -0.15) is 0 Å². The molecule has 0 spiro atoms. The average Bonchev–Trinajstić information content (AvgIpc) is 2.81. The molecular formula is C19H21FN2O4. The minimum Gasteiger partial charge on any atom is -0.415 e. The number of carbonyl (C=O) groups is 3. The molecular weight excluding hydrogens is 339 g/mol. The number of nitrogens with zero attached hydrogens (tertiary/aromatic N) is 2. The van der Waals surface area contributed by atoms with Crippen LogP contribution in [0.1, 0.15) is 27.7 Å². The van der Waals surface area contributed by atoms with E-state index in [1.165, 1.54) is 18.2 Å². The van der Waals surface area contributed by atoms with E-state index in [1.54, 1.807) is 18.7 Å². The highest BCUT2D eigenvalue weighted by Gasteiger charge is 2.43. The number of benzene rings is 1. The van der Waals surface area contributed by atoms with E-state index in [0.29, 0.717) is 18.7 Å². The Morgan fingerprint density at radius 1 is 1.12 bits per heavy atom. The zero-order valence-electron chi connectivity index (χ0n) is 15.2. The van der Waals surface area contributed by atoms with Crippen molar-refractivity contribution in [2.45, 2.75) is 27.7 Å². The fourth-order valence-corrected chi connectivity index (χ4v) is 2.60. The molecule has 0 saturated heterocycles. The minimum absolute atomic E-state index is 0.0276. The van der Waals surface area contributed by atoms with Crippen molar-refractivity contribution in [1.29, 1.82) is 0 Å². The van der Waals surface area contributed by atoms with Crippen molar-refractivity contribution < 1.29 is 23.5 Å². The number of allylic oxidation sites excluding steroid dienone is 1. The van der Waals surface area contributed by atoms with E-state index in [-0.39, 0.29) is 17.1 Å². The molecule has 0 fully saturated rings. The Kier molecular flexibility index (Phi) is 5.92. The molecule has 0 bridgehead atoms. The molecule has 26 heavy (non-hydrogen) atoms. The third-order valence-electron chi connectivity index (χ3n) is 3.79. The van der Waals surface area contributed by atoms with E-state index in [4.69, 9.17) is 4.74 Å². The number of hydrogen-bond acceptors (Lipinski definition) is 5. The number of likely N-dealkylation sites (N-methyl/N-ethyl adjacent to an activating group) is 1. The van der Waals surface area contributed by atoms with Crippen LogP contribution in [-0.2, 0) is 19.1 Å². The first-order chi connectivity index (χ1) is 12.3. The smallest absolute Gasteiger partial charge is 0.336 e. The Morgan fingerprint density at radius 3 is 2.19 bits per heavy atom. The summed E-state index contributed by atoms with van der Waals surface area (Å²) in [5.41, 5.74) is 0.936. The van der Waals surface area contributed by atoms with Crippen LogP contribution in [0.4, 0.5) is 10.1 Å². The SMILES string of the molecule is CCN(CC)C1=C(OC(=O)C=C(C)C)C(=O)N(c2ccc(F)cc2)C1=O. The molecule has 0 N–H and O–H groups in total. The molecule has 7 heteroatoms. The largest absolute Gasteiger partial charge is 0.415 e. The van der Waals surface area contributed by atoms with Crippen molar-refractivity contribution in [1.82, 2.24) is 4.90 Å². The van der Waals surface area contributed by atoms with Crippen LogP contribution in [0.25, 0.3) is 0 Å². The molecule has 2 rings (SSSR count). The fourth-order valence-electron chi connectivity index (χ4n) is 2.60. The quantitative estimate of drug-likeness (QED) is 0.443. The summed E-state index contributed by atoms with van der Waals surface area (Å²) in [6.45, 7) is 7.98. The molecule has 1 aliphatic heterocycles. The molecule has 1 heterocycles. The average molecular weight is 360 g/mol. The standard InChI is InChI=1S/C19H21FN2O4/c1-5-21(6-2)16-17(26-15(23)11-12(3)4)19(25)22(18(16)24)14-9-7-13(20)8-10-14/h7-11H,5-6H2,1-4H3. The third kappa shape index (κ3) is 3.82. The van der Waals surface area contributed by atoms with Crippen LogP contribution in [0.5, 0.6) is 0 Å². The molecule has 0 atom stereocenters. The Labute approximate surface area is 151 Å². The lowest BCUT2D eigenvalue weighted by molar-refractivity contribution is -0.137. The molecule has 1 aromatic rings. The summed E-state index contributed by atoms with van der Waals surface area (Å²) in [5.74, 6) is -2.89. The van der Waals surface area contributed by atoms with Crippen molar-refractivity contribution in [3.63, 3.8) is 0 Å². The Hall–Kier alpha value is -2.96. The lowest BCUT2D eigenvalue weighted by Gasteiger charge is -2.22. The van der Waals surface area contributed by atoms with E-state index < -0.39 is 23.6 Å². The van der Waals surface area contributed by atoms with Gasteiger partial charge in [0.2, 0.25) is 5.76 Å². The number of rotatable bonds is 6. The zero-order chi connectivity index (χ0) is 19.4. The van der Waals surface area contributed by atoms with E-state index >= 15 is 0 Å². The molecule has 0 unspecified atom stereocenters. The van der Waals surface area contributed by atoms with Crippen LogP contribution >= 0.6 is 0 Å². The first kappa shape index (κ1) is 19.4. The van der Waals surface area contributed by atoms with Crippen molar-refractivity contribution in [3.8, 4) is 0 Å². The normalized spacial score (nSPS) is 14.0. The van der Waals surface area contributed by atoms with Gasteiger partial charge < -0.3 is 9.64 Å². The van der Waals surface area contributed by atoms with Crippen molar-refractivity contribution in [2.24, 2.45) is 0 Å². The highest BCUT2D eigenvalue weighted by Crippen LogP contribution is 2.30. The molecule has 1 aromatic carbocycles. The van der Waals surface area contributed by atoms with Gasteiger partial charge in [0.1, 0.15) is 5.82 Å². The van der Waals surface area contributed by atoms with E-state index in [9.17, 15) is 18.8 Å². The van der Waals surface area contributed by atoms with Crippen LogP contribution in [0.3, 0.4) is 0 Å². The summed E-state index contributed by atoms with van der Waals surface area (Å²) >= 11 is 0. The minimum atomic E-state index is -0.751. The van der Waals surface area contributed by atoms with Crippen molar-refractivity contribution in [2.75, 3.05) is 18.0 Å². The zero-order valence-corrected chi connectivity index (χ0v) is 15.2. The summed E-state index contributed by atoms with van der Waals surface area (Å²) in [6.07, 6.45) is 1.24. The van der Waals surface area contributed by atoms with E-state index in [1.807, 2.05) is 13.8 Å². The maximum Gasteiger partial charge on any atom is 0.336 e. The van der Waals surface area contributed by atoms with Crippen LogP contribution in [0.2, 0.25) is 0 Å². The molecule has 0 saturated carbocycles. The molecule has 0 aliphatic carbocycles. The second-order valence-corrected chi connectivity index (χ2v) is 5.91. The summed E-state index contributed by atoms with van der Waals surface area (Å²) < 4.78 is 18.4. The van der Waals surface area contributed by atoms with Gasteiger partial charge in [0, 0.05) is 19.2 Å². The maximum absolute atomic E-state index is 13.2. The van der Waals surface area contributed by atoms with Gasteiger partial charge in [-0.25, -0.2) is 14.1 Å². The lowest BCUT2D eigenvalue weighted by Crippen LogP contribution is -2.35. The highest BCUT2D eigenvalue weighted by molar-refractivity contribution is 6.32. The summed E-state index contributed by atoms with van der Waals surface area (Å²) in [5, 5.41) is 0. The Bertz CT molecular complexity index is 788. The molecule has 1 aliphatic rings. The first-order valence-electron chi connectivity index (χ1n) is 8.30. The van der Waals surface area contributed by atoms with Gasteiger partial charge in [-0.1, -0.05) is 5.57 Å². The van der Waals surface area contributed by atoms with Gasteiger partial charge in [0.05, 0.1) is 5.69 Å². The summed E-state index contributed by atoms with van der Waals surface area (Å²) in [4.78, 5) is 40.2. The third-order valence-corrected chi connectivity index (χ3v) is 3.79. The van der Waals surface area contributed by atoms with Gasteiger partial charge in [-0.3, -0.25) is 9.59 Å². The predicted molar refractivity (Wildman–Crippen MR) is 94.4 cm³/mol. The van der Waals surface area contributed by atoms with Gasteiger partial charge in [-0.05, 0) is 52.0 Å². The van der Waals surface area contributed by atoms with Crippen LogP contribution < -0.4 is 4.90 Å². The Morgan fingerprint density at radius 2 is 1.69 bits per heavy atom.